The van der Waals surface area contributed by atoms with Gasteiger partial charge in [0.15, 0.2) is 0 Å². The molecule has 0 bridgehead atoms. The average molecular weight is 378 g/mol. The average Bonchev–Trinajstić information content (AvgIpc) is 3.11. The number of hydrogen-bond donors (Lipinski definition) is 1. The van der Waals surface area contributed by atoms with Crippen LogP contribution >= 0.6 is 0 Å². The highest BCUT2D eigenvalue weighted by Crippen LogP contribution is 2.15. The van der Waals surface area contributed by atoms with Crippen molar-refractivity contribution in [1.82, 2.24) is 24.4 Å². The summed E-state index contributed by atoms with van der Waals surface area (Å²) in [5.41, 5.74) is 9.58. The monoisotopic (exact) mass is 378 g/mol. The maximum atomic E-state index is 13.3. The molecule has 8 heteroatoms. The molecule has 0 aliphatic rings. The quantitative estimate of drug-likeness (QED) is 0.574. The number of hydrogen-bond acceptors (Lipinski definition) is 5. The van der Waals surface area contributed by atoms with E-state index >= 15 is 0 Å². The number of benzene rings is 1. The van der Waals surface area contributed by atoms with Crippen LogP contribution in [0.3, 0.4) is 0 Å². The van der Waals surface area contributed by atoms with Gasteiger partial charge in [-0.3, -0.25) is 9.20 Å². The molecule has 3 heterocycles. The molecule has 0 radical (unpaired) electrons. The standard InChI is InChI=1S/C20H19FN6O/c1-13-5-6-19-23-16(9-20(28)27(19)10-13)11-26-12-18(24-25-26)17(22)8-14-3-2-4-15(21)7-14/h2-7,9-10,12,17H,8,11,22H2,1H3. The van der Waals surface area contributed by atoms with Crippen LogP contribution in [0.2, 0.25) is 0 Å². The van der Waals surface area contributed by atoms with Gasteiger partial charge in [-0.1, -0.05) is 23.4 Å². The minimum Gasteiger partial charge on any atom is -0.322 e. The maximum absolute atomic E-state index is 13.3. The van der Waals surface area contributed by atoms with Crippen LogP contribution in [-0.4, -0.2) is 24.4 Å². The van der Waals surface area contributed by atoms with E-state index in [2.05, 4.69) is 15.3 Å². The summed E-state index contributed by atoms with van der Waals surface area (Å²) in [6.45, 7) is 2.23. The molecule has 3 aromatic heterocycles. The van der Waals surface area contributed by atoms with E-state index in [0.717, 1.165) is 11.1 Å². The van der Waals surface area contributed by atoms with Crippen molar-refractivity contribution >= 4 is 5.65 Å². The molecule has 4 rings (SSSR count). The van der Waals surface area contributed by atoms with Gasteiger partial charge in [0.2, 0.25) is 0 Å². The molecule has 0 aliphatic carbocycles. The highest BCUT2D eigenvalue weighted by atomic mass is 19.1. The zero-order valence-corrected chi connectivity index (χ0v) is 15.3. The zero-order chi connectivity index (χ0) is 19.7. The third-order valence-electron chi connectivity index (χ3n) is 4.47. The lowest BCUT2D eigenvalue weighted by Gasteiger charge is -2.08. The summed E-state index contributed by atoms with van der Waals surface area (Å²) in [7, 11) is 0. The molecular formula is C20H19FN6O. The first-order chi connectivity index (χ1) is 13.5. The molecule has 2 N–H and O–H groups in total. The third-order valence-corrected chi connectivity index (χ3v) is 4.47. The number of aryl methyl sites for hydroxylation is 1. The van der Waals surface area contributed by atoms with Gasteiger partial charge < -0.3 is 5.73 Å². The van der Waals surface area contributed by atoms with E-state index in [0.29, 0.717) is 30.0 Å². The fraction of sp³-hybridized carbons (Fsp3) is 0.200. The molecule has 0 aliphatic heterocycles. The first kappa shape index (κ1) is 18.0. The first-order valence-corrected chi connectivity index (χ1v) is 8.87. The van der Waals surface area contributed by atoms with Crippen LogP contribution in [0, 0.1) is 12.7 Å². The van der Waals surface area contributed by atoms with Crippen molar-refractivity contribution in [3.8, 4) is 0 Å². The van der Waals surface area contributed by atoms with Crippen molar-refractivity contribution < 1.29 is 4.39 Å². The third kappa shape index (κ3) is 3.81. The Kier molecular flexibility index (Phi) is 4.70. The summed E-state index contributed by atoms with van der Waals surface area (Å²) in [6, 6.07) is 11.1. The summed E-state index contributed by atoms with van der Waals surface area (Å²) >= 11 is 0. The molecule has 28 heavy (non-hydrogen) atoms. The van der Waals surface area contributed by atoms with Crippen LogP contribution in [0.25, 0.3) is 5.65 Å². The van der Waals surface area contributed by atoms with Crippen LogP contribution in [0.15, 0.2) is 59.7 Å². The predicted molar refractivity (Wildman–Crippen MR) is 102 cm³/mol. The van der Waals surface area contributed by atoms with Gasteiger partial charge in [0.05, 0.1) is 30.2 Å². The summed E-state index contributed by atoms with van der Waals surface area (Å²) in [4.78, 5) is 16.8. The normalized spacial score (nSPS) is 12.4. The minimum absolute atomic E-state index is 0.146. The van der Waals surface area contributed by atoms with Crippen LogP contribution < -0.4 is 11.3 Å². The lowest BCUT2D eigenvalue weighted by molar-refractivity contribution is 0.620. The molecule has 0 saturated heterocycles. The molecule has 7 nitrogen and oxygen atoms in total. The fourth-order valence-corrected chi connectivity index (χ4v) is 3.09. The van der Waals surface area contributed by atoms with Crippen LogP contribution in [0.5, 0.6) is 0 Å². The number of halogens is 1. The molecule has 1 atom stereocenters. The van der Waals surface area contributed by atoms with E-state index in [1.54, 1.807) is 23.1 Å². The van der Waals surface area contributed by atoms with Gasteiger partial charge in [-0.05, 0) is 42.7 Å². The lowest BCUT2D eigenvalue weighted by Crippen LogP contribution is -2.17. The van der Waals surface area contributed by atoms with E-state index in [1.165, 1.54) is 22.6 Å². The van der Waals surface area contributed by atoms with E-state index in [-0.39, 0.29) is 11.4 Å². The number of nitrogens with zero attached hydrogens (tertiary/aromatic N) is 5. The van der Waals surface area contributed by atoms with Crippen molar-refractivity contribution in [2.75, 3.05) is 0 Å². The molecule has 0 spiro atoms. The Hall–Kier alpha value is -3.39. The Morgan fingerprint density at radius 3 is 2.86 bits per heavy atom. The number of fused-ring (bicyclic) bond motifs is 1. The minimum atomic E-state index is -0.409. The van der Waals surface area contributed by atoms with Gasteiger partial charge in [0.1, 0.15) is 11.5 Å². The van der Waals surface area contributed by atoms with E-state index in [4.69, 9.17) is 5.73 Å². The van der Waals surface area contributed by atoms with Gasteiger partial charge in [-0.25, -0.2) is 14.1 Å². The predicted octanol–water partition coefficient (Wildman–Crippen LogP) is 2.02. The molecule has 0 amide bonds. The fourth-order valence-electron chi connectivity index (χ4n) is 3.09. The van der Waals surface area contributed by atoms with E-state index in [1.807, 2.05) is 25.1 Å². The van der Waals surface area contributed by atoms with Crippen molar-refractivity contribution in [2.24, 2.45) is 5.73 Å². The maximum Gasteiger partial charge on any atom is 0.258 e. The smallest absolute Gasteiger partial charge is 0.258 e. The first-order valence-electron chi connectivity index (χ1n) is 8.87. The van der Waals surface area contributed by atoms with Crippen LogP contribution in [-0.2, 0) is 13.0 Å². The second-order valence-corrected chi connectivity index (χ2v) is 6.80. The highest BCUT2D eigenvalue weighted by molar-refractivity contribution is 5.40. The summed E-state index contributed by atoms with van der Waals surface area (Å²) in [6.07, 6.45) is 3.93. The van der Waals surface area contributed by atoms with Gasteiger partial charge in [-0.2, -0.15) is 0 Å². The second kappa shape index (κ2) is 7.32. The summed E-state index contributed by atoms with van der Waals surface area (Å²) in [5.74, 6) is -0.294. The number of nitrogens with two attached hydrogens (primary N) is 1. The van der Waals surface area contributed by atoms with Gasteiger partial charge in [0.25, 0.3) is 5.56 Å². The van der Waals surface area contributed by atoms with Gasteiger partial charge in [0, 0.05) is 12.3 Å². The Bertz CT molecular complexity index is 1200. The van der Waals surface area contributed by atoms with Crippen LogP contribution in [0.4, 0.5) is 4.39 Å². The highest BCUT2D eigenvalue weighted by Gasteiger charge is 2.13. The van der Waals surface area contributed by atoms with Crippen molar-refractivity contribution in [3.63, 3.8) is 0 Å². The van der Waals surface area contributed by atoms with E-state index < -0.39 is 6.04 Å². The van der Waals surface area contributed by atoms with Crippen molar-refractivity contribution in [1.29, 1.82) is 0 Å². The lowest BCUT2D eigenvalue weighted by atomic mass is 10.0. The molecule has 1 aromatic carbocycles. The number of aromatic nitrogens is 5. The number of pyridine rings is 1. The van der Waals surface area contributed by atoms with Crippen molar-refractivity contribution in [2.45, 2.75) is 25.9 Å². The Labute approximate surface area is 160 Å². The SMILES string of the molecule is Cc1ccc2nc(Cn3cc(C(N)Cc4cccc(F)c4)nn3)cc(=O)n2c1. The Morgan fingerprint density at radius 2 is 2.04 bits per heavy atom. The molecular weight excluding hydrogens is 359 g/mol. The summed E-state index contributed by atoms with van der Waals surface area (Å²) in [5, 5.41) is 8.19. The number of rotatable bonds is 5. The molecule has 0 saturated carbocycles. The Balaban J connectivity index is 1.52. The topological polar surface area (TPSA) is 91.1 Å². The largest absolute Gasteiger partial charge is 0.322 e. The van der Waals surface area contributed by atoms with Gasteiger partial charge >= 0.3 is 0 Å². The van der Waals surface area contributed by atoms with Gasteiger partial charge in [-0.15, -0.1) is 5.10 Å². The van der Waals surface area contributed by atoms with E-state index in [9.17, 15) is 9.18 Å². The molecule has 142 valence electrons. The molecule has 4 aromatic rings. The van der Waals surface area contributed by atoms with Crippen LogP contribution in [0.1, 0.15) is 28.6 Å². The Morgan fingerprint density at radius 1 is 1.18 bits per heavy atom. The molecule has 0 fully saturated rings. The second-order valence-electron chi connectivity index (χ2n) is 6.80. The summed E-state index contributed by atoms with van der Waals surface area (Å²) < 4.78 is 16.4. The zero-order valence-electron chi connectivity index (χ0n) is 15.3. The van der Waals surface area contributed by atoms with Crippen molar-refractivity contribution in [3.05, 3.63) is 93.5 Å². The molecule has 1 unspecified atom stereocenters.